The molecule has 2 aliphatic heterocycles. The second-order valence-electron chi connectivity index (χ2n) is 8.46. The molecule has 166 valence electrons. The molecular formula is C24H33FN6. The average molecular weight is 425 g/mol. The summed E-state index contributed by atoms with van der Waals surface area (Å²) in [5, 5.41) is 6.86. The predicted molar refractivity (Wildman–Crippen MR) is 124 cm³/mol. The summed E-state index contributed by atoms with van der Waals surface area (Å²) in [6.45, 7) is 5.69. The summed E-state index contributed by atoms with van der Waals surface area (Å²) in [5.74, 6) is 0.930. The minimum atomic E-state index is -0.269. The number of anilines is 1. The zero-order valence-electron chi connectivity index (χ0n) is 18.4. The number of pyridine rings is 1. The number of rotatable bonds is 6. The van der Waals surface area contributed by atoms with Crippen molar-refractivity contribution in [2.75, 3.05) is 38.1 Å². The lowest BCUT2D eigenvalue weighted by Crippen LogP contribution is -2.44. The van der Waals surface area contributed by atoms with Gasteiger partial charge in [0, 0.05) is 45.5 Å². The standard InChI is InChI=1S/C24H33FN6/c1-26-24(29-21-11-15-31(18-21)23-22(25)6-5-12-27-23)28-16-19-7-9-20(10-8-19)17-30-13-3-2-4-14-30/h5-10,12,21H,2-4,11,13-18H2,1H3,(H2,26,28,29). The Morgan fingerprint density at radius 2 is 1.87 bits per heavy atom. The van der Waals surface area contributed by atoms with Gasteiger partial charge in [-0.05, 0) is 55.6 Å². The Morgan fingerprint density at radius 1 is 1.10 bits per heavy atom. The lowest BCUT2D eigenvalue weighted by Gasteiger charge is -2.26. The molecule has 2 saturated heterocycles. The fourth-order valence-corrected chi connectivity index (χ4v) is 4.39. The molecule has 2 aromatic rings. The Hall–Kier alpha value is -2.67. The van der Waals surface area contributed by atoms with Crippen LogP contribution in [-0.2, 0) is 13.1 Å². The van der Waals surface area contributed by atoms with E-state index in [1.54, 1.807) is 19.3 Å². The number of guanidine groups is 1. The van der Waals surface area contributed by atoms with Gasteiger partial charge in [0.15, 0.2) is 17.6 Å². The molecule has 0 bridgehead atoms. The molecule has 2 N–H and O–H groups in total. The van der Waals surface area contributed by atoms with E-state index in [1.165, 1.54) is 49.5 Å². The van der Waals surface area contributed by atoms with Crippen molar-refractivity contribution < 1.29 is 4.39 Å². The fraction of sp³-hybridized carbons (Fsp3) is 0.500. The van der Waals surface area contributed by atoms with Crippen LogP contribution in [0, 0.1) is 5.82 Å². The summed E-state index contributed by atoms with van der Waals surface area (Å²) in [6.07, 6.45) is 6.57. The Labute approximate surface area is 184 Å². The van der Waals surface area contributed by atoms with Crippen molar-refractivity contribution in [3.8, 4) is 0 Å². The van der Waals surface area contributed by atoms with E-state index < -0.39 is 0 Å². The number of likely N-dealkylation sites (tertiary alicyclic amines) is 1. The molecule has 1 aromatic carbocycles. The topological polar surface area (TPSA) is 55.8 Å². The van der Waals surface area contributed by atoms with Crippen molar-refractivity contribution in [3.63, 3.8) is 0 Å². The van der Waals surface area contributed by atoms with Crippen molar-refractivity contribution in [1.29, 1.82) is 0 Å². The summed E-state index contributed by atoms with van der Waals surface area (Å²) in [4.78, 5) is 13.1. The van der Waals surface area contributed by atoms with E-state index in [9.17, 15) is 4.39 Å². The number of piperidine rings is 1. The predicted octanol–water partition coefficient (Wildman–Crippen LogP) is 3.15. The minimum Gasteiger partial charge on any atom is -0.352 e. The quantitative estimate of drug-likeness (QED) is 0.551. The highest BCUT2D eigenvalue weighted by molar-refractivity contribution is 5.80. The van der Waals surface area contributed by atoms with Crippen molar-refractivity contribution >= 4 is 11.8 Å². The van der Waals surface area contributed by atoms with Crippen LogP contribution in [0.3, 0.4) is 0 Å². The Bertz CT molecular complexity index is 863. The van der Waals surface area contributed by atoms with E-state index in [-0.39, 0.29) is 11.9 Å². The van der Waals surface area contributed by atoms with E-state index in [0.717, 1.165) is 32.0 Å². The smallest absolute Gasteiger partial charge is 0.191 e. The van der Waals surface area contributed by atoms with E-state index >= 15 is 0 Å². The largest absolute Gasteiger partial charge is 0.352 e. The maximum absolute atomic E-state index is 14.0. The molecule has 0 spiro atoms. The highest BCUT2D eigenvalue weighted by Crippen LogP contribution is 2.20. The van der Waals surface area contributed by atoms with Crippen molar-refractivity contribution in [2.45, 2.75) is 44.8 Å². The van der Waals surface area contributed by atoms with Crippen molar-refractivity contribution in [2.24, 2.45) is 4.99 Å². The number of hydrogen-bond donors (Lipinski definition) is 2. The van der Waals surface area contributed by atoms with Crippen LogP contribution < -0.4 is 15.5 Å². The normalized spacial score (nSPS) is 20.1. The van der Waals surface area contributed by atoms with Gasteiger partial charge in [-0.25, -0.2) is 9.37 Å². The van der Waals surface area contributed by atoms with Gasteiger partial charge in [-0.15, -0.1) is 0 Å². The lowest BCUT2D eigenvalue weighted by molar-refractivity contribution is 0.221. The number of nitrogens with one attached hydrogen (secondary N) is 2. The number of benzene rings is 1. The van der Waals surface area contributed by atoms with E-state index in [0.29, 0.717) is 12.4 Å². The molecule has 4 rings (SSSR count). The summed E-state index contributed by atoms with van der Waals surface area (Å²) in [7, 11) is 1.78. The molecule has 2 fully saturated rings. The van der Waals surface area contributed by atoms with Gasteiger partial charge in [-0.2, -0.15) is 0 Å². The van der Waals surface area contributed by atoms with Gasteiger partial charge in [0.2, 0.25) is 0 Å². The first-order valence-electron chi connectivity index (χ1n) is 11.3. The van der Waals surface area contributed by atoms with Crippen LogP contribution in [0.4, 0.5) is 10.2 Å². The van der Waals surface area contributed by atoms with Crippen molar-refractivity contribution in [1.82, 2.24) is 20.5 Å². The Morgan fingerprint density at radius 3 is 2.61 bits per heavy atom. The third-order valence-electron chi connectivity index (χ3n) is 6.13. The van der Waals surface area contributed by atoms with Gasteiger partial charge in [0.1, 0.15) is 0 Å². The summed E-state index contributed by atoms with van der Waals surface area (Å²) in [6, 6.07) is 12.1. The summed E-state index contributed by atoms with van der Waals surface area (Å²) >= 11 is 0. The van der Waals surface area contributed by atoms with Crippen LogP contribution in [-0.4, -0.2) is 55.1 Å². The number of hydrogen-bond acceptors (Lipinski definition) is 4. The average Bonchev–Trinajstić information content (AvgIpc) is 3.27. The number of aromatic nitrogens is 1. The van der Waals surface area contributed by atoms with Gasteiger partial charge in [0.05, 0.1) is 0 Å². The van der Waals surface area contributed by atoms with E-state index in [4.69, 9.17) is 0 Å². The number of aliphatic imine (C=N–C) groups is 1. The molecule has 2 aliphatic rings. The van der Waals surface area contributed by atoms with E-state index in [1.807, 2.05) is 4.90 Å². The maximum Gasteiger partial charge on any atom is 0.191 e. The number of halogens is 1. The monoisotopic (exact) mass is 424 g/mol. The van der Waals surface area contributed by atoms with Gasteiger partial charge >= 0.3 is 0 Å². The molecule has 0 radical (unpaired) electrons. The van der Waals surface area contributed by atoms with Crippen LogP contribution in [0.5, 0.6) is 0 Å². The van der Waals surface area contributed by atoms with Crippen LogP contribution in [0.25, 0.3) is 0 Å². The molecule has 1 atom stereocenters. The molecule has 0 saturated carbocycles. The molecule has 6 nitrogen and oxygen atoms in total. The third-order valence-corrected chi connectivity index (χ3v) is 6.13. The van der Waals surface area contributed by atoms with Gasteiger partial charge < -0.3 is 15.5 Å². The fourth-order valence-electron chi connectivity index (χ4n) is 4.39. The minimum absolute atomic E-state index is 0.208. The molecule has 3 heterocycles. The van der Waals surface area contributed by atoms with Gasteiger partial charge in [-0.3, -0.25) is 9.89 Å². The van der Waals surface area contributed by atoms with Crippen molar-refractivity contribution in [3.05, 3.63) is 59.5 Å². The number of nitrogens with zero attached hydrogens (tertiary/aromatic N) is 4. The molecule has 0 aliphatic carbocycles. The lowest BCUT2D eigenvalue weighted by atomic mass is 10.1. The molecular weight excluding hydrogens is 391 g/mol. The Kier molecular flexibility index (Phi) is 7.35. The molecule has 31 heavy (non-hydrogen) atoms. The first-order valence-corrected chi connectivity index (χ1v) is 11.3. The van der Waals surface area contributed by atoms with Crippen LogP contribution in [0.15, 0.2) is 47.6 Å². The second kappa shape index (κ2) is 10.6. The highest BCUT2D eigenvalue weighted by Gasteiger charge is 2.25. The van der Waals surface area contributed by atoms with Gasteiger partial charge in [-0.1, -0.05) is 30.7 Å². The van der Waals surface area contributed by atoms with Crippen LogP contribution >= 0.6 is 0 Å². The zero-order chi connectivity index (χ0) is 21.5. The summed E-state index contributed by atoms with van der Waals surface area (Å²) < 4.78 is 14.0. The molecule has 1 unspecified atom stereocenters. The van der Waals surface area contributed by atoms with Crippen LogP contribution in [0.2, 0.25) is 0 Å². The first-order chi connectivity index (χ1) is 15.2. The maximum atomic E-state index is 14.0. The highest BCUT2D eigenvalue weighted by atomic mass is 19.1. The SMILES string of the molecule is CN=C(NCc1ccc(CN2CCCCC2)cc1)NC1CCN(c2ncccc2F)C1. The molecule has 1 aromatic heterocycles. The van der Waals surface area contributed by atoms with E-state index in [2.05, 4.69) is 49.8 Å². The van der Waals surface area contributed by atoms with Gasteiger partial charge in [0.25, 0.3) is 0 Å². The Balaban J connectivity index is 1.24. The van der Waals surface area contributed by atoms with Crippen LogP contribution in [0.1, 0.15) is 36.8 Å². The molecule has 7 heteroatoms. The molecule has 0 amide bonds. The zero-order valence-corrected chi connectivity index (χ0v) is 18.4. The first kappa shape index (κ1) is 21.6. The second-order valence-corrected chi connectivity index (χ2v) is 8.46. The summed E-state index contributed by atoms with van der Waals surface area (Å²) in [5.41, 5.74) is 2.61. The third kappa shape index (κ3) is 5.94.